The zero-order valence-corrected chi connectivity index (χ0v) is 24.1. The molecule has 0 amide bonds. The predicted molar refractivity (Wildman–Crippen MR) is 159 cm³/mol. The monoisotopic (exact) mass is 500 g/mol. The molecule has 0 N–H and O–H groups in total. The van der Waals surface area contributed by atoms with Crippen molar-refractivity contribution >= 4 is 34.8 Å². The molecule has 0 aliphatic carbocycles. The smallest absolute Gasteiger partial charge is 0.0302 e. The summed E-state index contributed by atoms with van der Waals surface area (Å²) in [6.45, 7) is 4.60. The Morgan fingerprint density at radius 1 is 0.471 bits per heavy atom. The molecule has 0 aliphatic heterocycles. The predicted octanol–water partition coefficient (Wildman–Crippen LogP) is 12.1. The van der Waals surface area contributed by atoms with Crippen molar-refractivity contribution in [2.45, 2.75) is 142 Å². The first kappa shape index (κ1) is 29.4. The average molecular weight is 501 g/mol. The minimum Gasteiger partial charge on any atom is -0.144 e. The fourth-order valence-electron chi connectivity index (χ4n) is 4.80. The fraction of sp³-hybridized carbons (Fsp3) is 0.688. The molecule has 0 fully saturated rings. The molecule has 192 valence electrons. The highest BCUT2D eigenvalue weighted by molar-refractivity contribution is 7.12. The van der Waals surface area contributed by atoms with Crippen LogP contribution in [0.5, 0.6) is 0 Å². The van der Waals surface area contributed by atoms with Gasteiger partial charge in [-0.2, -0.15) is 0 Å². The van der Waals surface area contributed by atoms with Crippen molar-refractivity contribution < 1.29 is 0 Å². The van der Waals surface area contributed by atoms with Gasteiger partial charge in [-0.25, -0.2) is 0 Å². The van der Waals surface area contributed by atoms with Crippen LogP contribution in [0.25, 0.3) is 12.2 Å². The maximum absolute atomic E-state index is 2.39. The zero-order valence-electron chi connectivity index (χ0n) is 22.4. The minimum absolute atomic E-state index is 1.24. The Kier molecular flexibility index (Phi) is 17.6. The topological polar surface area (TPSA) is 0 Å². The average Bonchev–Trinajstić information content (AvgIpc) is 3.49. The molecule has 0 saturated heterocycles. The van der Waals surface area contributed by atoms with Crippen LogP contribution in [0.1, 0.15) is 150 Å². The summed E-state index contributed by atoms with van der Waals surface area (Å²) in [4.78, 5) is 2.95. The molecular formula is C32H52S2. The summed E-state index contributed by atoms with van der Waals surface area (Å²) in [6, 6.07) is 4.71. The quantitative estimate of drug-likeness (QED) is 0.141. The molecule has 34 heavy (non-hydrogen) atoms. The van der Waals surface area contributed by atoms with E-state index in [-0.39, 0.29) is 0 Å². The molecule has 0 saturated carbocycles. The Labute approximate surface area is 220 Å². The van der Waals surface area contributed by atoms with Crippen LogP contribution in [-0.4, -0.2) is 0 Å². The van der Waals surface area contributed by atoms with Crippen molar-refractivity contribution in [2.24, 2.45) is 0 Å². The van der Waals surface area contributed by atoms with E-state index in [1.807, 2.05) is 22.7 Å². The zero-order chi connectivity index (χ0) is 24.1. The number of thiophene rings is 2. The summed E-state index contributed by atoms with van der Waals surface area (Å²) in [6.07, 6.45) is 32.6. The lowest BCUT2D eigenvalue weighted by Gasteiger charge is -2.04. The van der Waals surface area contributed by atoms with Crippen LogP contribution in [0.3, 0.4) is 0 Å². The molecule has 2 aromatic heterocycles. The van der Waals surface area contributed by atoms with E-state index in [0.717, 1.165) is 0 Å². The van der Waals surface area contributed by atoms with Crippen molar-refractivity contribution in [2.75, 3.05) is 0 Å². The molecule has 0 nitrogen and oxygen atoms in total. The molecule has 0 aromatic carbocycles. The lowest BCUT2D eigenvalue weighted by molar-refractivity contribution is 0.565. The van der Waals surface area contributed by atoms with E-state index in [1.54, 1.807) is 11.1 Å². The second-order valence-electron chi connectivity index (χ2n) is 10.1. The van der Waals surface area contributed by atoms with Gasteiger partial charge in [-0.15, -0.1) is 22.7 Å². The van der Waals surface area contributed by atoms with Crippen molar-refractivity contribution in [1.82, 2.24) is 0 Å². The van der Waals surface area contributed by atoms with Crippen LogP contribution >= 0.6 is 22.7 Å². The standard InChI is InChI=1S/C32H52S2/c1-3-5-7-9-11-13-15-17-19-21-29-25-27-33-31(29)23-24-32-30(26-28-34-32)22-20-18-16-14-12-10-8-6-4-2/h23-28H,3-22H2,1-2H3/b24-23+. The molecule has 2 heteroatoms. The van der Waals surface area contributed by atoms with Gasteiger partial charge in [-0.05, 0) is 71.9 Å². The van der Waals surface area contributed by atoms with Gasteiger partial charge < -0.3 is 0 Å². The lowest BCUT2D eigenvalue weighted by atomic mass is 10.0. The van der Waals surface area contributed by atoms with Gasteiger partial charge in [0, 0.05) is 9.75 Å². The first-order chi connectivity index (χ1) is 16.8. The number of hydrogen-bond acceptors (Lipinski definition) is 2. The second kappa shape index (κ2) is 20.3. The van der Waals surface area contributed by atoms with Gasteiger partial charge in [-0.3, -0.25) is 0 Å². The highest BCUT2D eigenvalue weighted by Gasteiger charge is 2.05. The van der Waals surface area contributed by atoms with Crippen molar-refractivity contribution in [3.8, 4) is 0 Å². The summed E-state index contributed by atoms with van der Waals surface area (Å²) < 4.78 is 0. The van der Waals surface area contributed by atoms with Crippen LogP contribution in [0.15, 0.2) is 22.9 Å². The fourth-order valence-corrected chi connectivity index (χ4v) is 6.50. The summed E-state index contributed by atoms with van der Waals surface area (Å²) >= 11 is 3.82. The van der Waals surface area contributed by atoms with Crippen molar-refractivity contribution in [3.05, 3.63) is 43.8 Å². The molecule has 0 atom stereocenters. The van der Waals surface area contributed by atoms with Crippen LogP contribution in [0.4, 0.5) is 0 Å². The van der Waals surface area contributed by atoms with E-state index in [1.165, 1.54) is 138 Å². The normalized spacial score (nSPS) is 11.7. The highest BCUT2D eigenvalue weighted by Crippen LogP contribution is 2.26. The number of unbranched alkanes of at least 4 members (excludes halogenated alkanes) is 16. The molecule has 0 spiro atoms. The van der Waals surface area contributed by atoms with Crippen molar-refractivity contribution in [3.63, 3.8) is 0 Å². The summed E-state index contributed by atoms with van der Waals surface area (Å²) in [5.74, 6) is 0. The number of aryl methyl sites for hydroxylation is 2. The van der Waals surface area contributed by atoms with E-state index in [9.17, 15) is 0 Å². The third-order valence-corrected chi connectivity index (χ3v) is 8.90. The molecule has 2 rings (SSSR count). The van der Waals surface area contributed by atoms with Crippen LogP contribution in [-0.2, 0) is 12.8 Å². The Balaban J connectivity index is 1.62. The van der Waals surface area contributed by atoms with E-state index in [0.29, 0.717) is 0 Å². The summed E-state index contributed by atoms with van der Waals surface area (Å²) in [7, 11) is 0. The highest BCUT2D eigenvalue weighted by atomic mass is 32.1. The van der Waals surface area contributed by atoms with Gasteiger partial charge >= 0.3 is 0 Å². The number of rotatable bonds is 22. The van der Waals surface area contributed by atoms with Gasteiger partial charge in [-0.1, -0.05) is 117 Å². The first-order valence-electron chi connectivity index (χ1n) is 14.7. The van der Waals surface area contributed by atoms with Crippen LogP contribution < -0.4 is 0 Å². The first-order valence-corrected chi connectivity index (χ1v) is 16.4. The third kappa shape index (κ3) is 13.3. The molecule has 2 aromatic rings. The van der Waals surface area contributed by atoms with Gasteiger partial charge in [0.1, 0.15) is 0 Å². The molecule has 2 heterocycles. The van der Waals surface area contributed by atoms with E-state index < -0.39 is 0 Å². The van der Waals surface area contributed by atoms with E-state index in [2.05, 4.69) is 48.9 Å². The van der Waals surface area contributed by atoms with Gasteiger partial charge in [0.15, 0.2) is 0 Å². The summed E-state index contributed by atoms with van der Waals surface area (Å²) in [5, 5.41) is 4.56. The Morgan fingerprint density at radius 2 is 0.794 bits per heavy atom. The maximum atomic E-state index is 2.39. The summed E-state index contributed by atoms with van der Waals surface area (Å²) in [5.41, 5.74) is 3.11. The molecule has 0 bridgehead atoms. The SMILES string of the molecule is CCCCCCCCCCCc1ccsc1/C=C/c1sccc1CCCCCCCCCCC. The van der Waals surface area contributed by atoms with Crippen LogP contribution in [0.2, 0.25) is 0 Å². The van der Waals surface area contributed by atoms with Crippen LogP contribution in [0, 0.1) is 0 Å². The molecule has 0 aliphatic rings. The Hall–Kier alpha value is -0.860. The Bertz CT molecular complexity index is 674. The molecule has 0 unspecified atom stereocenters. The van der Waals surface area contributed by atoms with Gasteiger partial charge in [0.05, 0.1) is 0 Å². The maximum Gasteiger partial charge on any atom is 0.0302 e. The number of hydrogen-bond donors (Lipinski definition) is 0. The Morgan fingerprint density at radius 3 is 1.15 bits per heavy atom. The van der Waals surface area contributed by atoms with Gasteiger partial charge in [0.2, 0.25) is 0 Å². The van der Waals surface area contributed by atoms with Crippen molar-refractivity contribution in [1.29, 1.82) is 0 Å². The second-order valence-corrected chi connectivity index (χ2v) is 12.0. The third-order valence-electron chi connectivity index (χ3n) is 7.05. The minimum atomic E-state index is 1.24. The van der Waals surface area contributed by atoms with Gasteiger partial charge in [0.25, 0.3) is 0 Å². The lowest BCUT2D eigenvalue weighted by Crippen LogP contribution is -1.87. The molecular weight excluding hydrogens is 448 g/mol. The van der Waals surface area contributed by atoms with E-state index in [4.69, 9.17) is 0 Å². The largest absolute Gasteiger partial charge is 0.144 e. The molecule has 0 radical (unpaired) electrons. The van der Waals surface area contributed by atoms with E-state index >= 15 is 0 Å².